The topological polar surface area (TPSA) is 35.2 Å². The fourth-order valence-electron chi connectivity index (χ4n) is 1.56. The lowest BCUT2D eigenvalue weighted by Crippen LogP contribution is -1.99. The maximum atomic E-state index is 5.85. The van der Waals surface area contributed by atoms with E-state index in [4.69, 9.17) is 10.5 Å². The Morgan fingerprint density at radius 2 is 1.53 bits per heavy atom. The number of hydrogen-bond donors (Lipinski definition) is 1. The van der Waals surface area contributed by atoms with Gasteiger partial charge in [-0.15, -0.1) is 12.4 Å². The largest absolute Gasteiger partial charge is 0.457 e. The van der Waals surface area contributed by atoms with E-state index in [-0.39, 0.29) is 12.4 Å². The zero-order valence-corrected chi connectivity index (χ0v) is 10.5. The molecule has 0 aliphatic carbocycles. The summed E-state index contributed by atoms with van der Waals surface area (Å²) in [5.74, 6) is 1.71. The molecule has 2 nitrogen and oxygen atoms in total. The van der Waals surface area contributed by atoms with Gasteiger partial charge in [0.25, 0.3) is 0 Å². The molecular weight excluding hydrogens is 234 g/mol. The van der Waals surface area contributed by atoms with E-state index in [9.17, 15) is 0 Å². The highest BCUT2D eigenvalue weighted by Gasteiger charge is 2.03. The van der Waals surface area contributed by atoms with Crippen LogP contribution in [-0.4, -0.2) is 0 Å². The molecule has 0 fully saturated rings. The highest BCUT2D eigenvalue weighted by Crippen LogP contribution is 2.27. The molecular formula is C14H16ClNO. The number of benzene rings is 2. The first-order chi connectivity index (χ1) is 7.81. The normalized spacial score (nSPS) is 9.53. The van der Waals surface area contributed by atoms with Crippen LogP contribution >= 0.6 is 12.4 Å². The van der Waals surface area contributed by atoms with Gasteiger partial charge in [0, 0.05) is 12.1 Å². The van der Waals surface area contributed by atoms with Crippen LogP contribution in [0.3, 0.4) is 0 Å². The fourth-order valence-corrected chi connectivity index (χ4v) is 1.56. The maximum Gasteiger partial charge on any atom is 0.131 e. The maximum absolute atomic E-state index is 5.85. The molecule has 0 heterocycles. The minimum Gasteiger partial charge on any atom is -0.457 e. The van der Waals surface area contributed by atoms with Crippen LogP contribution < -0.4 is 10.5 Å². The minimum atomic E-state index is 0. The summed E-state index contributed by atoms with van der Waals surface area (Å²) in [6, 6.07) is 15.8. The van der Waals surface area contributed by atoms with Crippen LogP contribution in [0.2, 0.25) is 0 Å². The second-order valence-corrected chi connectivity index (χ2v) is 3.68. The fraction of sp³-hybridized carbons (Fsp3) is 0.143. The van der Waals surface area contributed by atoms with Crippen molar-refractivity contribution >= 4 is 12.4 Å². The molecule has 0 spiro atoms. The van der Waals surface area contributed by atoms with Gasteiger partial charge in [-0.05, 0) is 24.6 Å². The Labute approximate surface area is 108 Å². The number of nitrogens with two attached hydrogens (primary N) is 1. The Kier molecular flexibility index (Phi) is 5.01. The molecule has 0 aromatic heterocycles. The number of rotatable bonds is 3. The minimum absolute atomic E-state index is 0. The first-order valence-electron chi connectivity index (χ1n) is 5.32. The van der Waals surface area contributed by atoms with Crippen LogP contribution in [0.1, 0.15) is 11.1 Å². The molecule has 0 radical (unpaired) electrons. The van der Waals surface area contributed by atoms with Crippen LogP contribution in [0.25, 0.3) is 0 Å². The summed E-state index contributed by atoms with van der Waals surface area (Å²) in [6.07, 6.45) is 0. The molecule has 2 N–H and O–H groups in total. The lowest BCUT2D eigenvalue weighted by atomic mass is 10.2. The van der Waals surface area contributed by atoms with Crippen molar-refractivity contribution < 1.29 is 4.74 Å². The van der Waals surface area contributed by atoms with Crippen molar-refractivity contribution in [1.82, 2.24) is 0 Å². The first kappa shape index (κ1) is 13.6. The van der Waals surface area contributed by atoms with Gasteiger partial charge in [-0.1, -0.05) is 36.4 Å². The summed E-state index contributed by atoms with van der Waals surface area (Å²) < 4.78 is 5.85. The molecule has 0 saturated carbocycles. The Hall–Kier alpha value is -1.51. The zero-order valence-electron chi connectivity index (χ0n) is 9.72. The average molecular weight is 250 g/mol. The van der Waals surface area contributed by atoms with Crippen LogP contribution in [0.4, 0.5) is 0 Å². The van der Waals surface area contributed by atoms with Crippen LogP contribution in [0, 0.1) is 6.92 Å². The van der Waals surface area contributed by atoms with Crippen LogP contribution in [-0.2, 0) is 6.54 Å². The van der Waals surface area contributed by atoms with Gasteiger partial charge in [0.05, 0.1) is 0 Å². The molecule has 90 valence electrons. The van der Waals surface area contributed by atoms with Gasteiger partial charge in [0.15, 0.2) is 0 Å². The summed E-state index contributed by atoms with van der Waals surface area (Å²) >= 11 is 0. The third-order valence-electron chi connectivity index (χ3n) is 2.51. The van der Waals surface area contributed by atoms with Gasteiger partial charge in [-0.25, -0.2) is 0 Å². The Balaban J connectivity index is 0.00000144. The van der Waals surface area contributed by atoms with Crippen molar-refractivity contribution in [2.45, 2.75) is 13.5 Å². The van der Waals surface area contributed by atoms with Crippen molar-refractivity contribution in [1.29, 1.82) is 0 Å². The summed E-state index contributed by atoms with van der Waals surface area (Å²) in [4.78, 5) is 0. The monoisotopic (exact) mass is 249 g/mol. The van der Waals surface area contributed by atoms with E-state index in [0.29, 0.717) is 6.54 Å². The second-order valence-electron chi connectivity index (χ2n) is 3.68. The quantitative estimate of drug-likeness (QED) is 0.901. The Morgan fingerprint density at radius 1 is 0.941 bits per heavy atom. The van der Waals surface area contributed by atoms with E-state index in [1.165, 1.54) is 0 Å². The Morgan fingerprint density at radius 3 is 2.18 bits per heavy atom. The van der Waals surface area contributed by atoms with E-state index >= 15 is 0 Å². The van der Waals surface area contributed by atoms with E-state index in [2.05, 4.69) is 0 Å². The van der Waals surface area contributed by atoms with Crippen molar-refractivity contribution in [2.75, 3.05) is 0 Å². The smallest absolute Gasteiger partial charge is 0.131 e. The molecule has 2 rings (SSSR count). The molecule has 17 heavy (non-hydrogen) atoms. The molecule has 0 bridgehead atoms. The van der Waals surface area contributed by atoms with Crippen molar-refractivity contribution in [3.8, 4) is 11.5 Å². The zero-order chi connectivity index (χ0) is 11.4. The van der Waals surface area contributed by atoms with Gasteiger partial charge in [0.2, 0.25) is 0 Å². The summed E-state index contributed by atoms with van der Waals surface area (Å²) in [6.45, 7) is 2.52. The van der Waals surface area contributed by atoms with Gasteiger partial charge in [-0.3, -0.25) is 0 Å². The lowest BCUT2D eigenvalue weighted by Gasteiger charge is -2.11. The predicted molar refractivity (Wildman–Crippen MR) is 72.8 cm³/mol. The molecule has 3 heteroatoms. The third kappa shape index (κ3) is 3.22. The molecule has 2 aromatic carbocycles. The van der Waals surface area contributed by atoms with Crippen molar-refractivity contribution in [3.63, 3.8) is 0 Å². The summed E-state index contributed by atoms with van der Waals surface area (Å²) in [5, 5.41) is 0. The molecule has 0 amide bonds. The third-order valence-corrected chi connectivity index (χ3v) is 2.51. The van der Waals surface area contributed by atoms with Gasteiger partial charge in [-0.2, -0.15) is 0 Å². The van der Waals surface area contributed by atoms with Gasteiger partial charge < -0.3 is 10.5 Å². The highest BCUT2D eigenvalue weighted by atomic mass is 35.5. The highest BCUT2D eigenvalue weighted by molar-refractivity contribution is 5.85. The van der Waals surface area contributed by atoms with E-state index in [0.717, 1.165) is 22.6 Å². The average Bonchev–Trinajstić information content (AvgIpc) is 2.33. The number of ether oxygens (including phenoxy) is 1. The summed E-state index contributed by atoms with van der Waals surface area (Å²) in [5.41, 5.74) is 7.80. The molecule has 0 saturated heterocycles. The van der Waals surface area contributed by atoms with E-state index < -0.39 is 0 Å². The van der Waals surface area contributed by atoms with Crippen LogP contribution in [0.5, 0.6) is 11.5 Å². The number of halogens is 1. The van der Waals surface area contributed by atoms with Gasteiger partial charge >= 0.3 is 0 Å². The SMILES string of the molecule is Cc1ccccc1Oc1ccccc1CN.Cl. The van der Waals surface area contributed by atoms with Crippen molar-refractivity contribution in [2.24, 2.45) is 5.73 Å². The van der Waals surface area contributed by atoms with Crippen LogP contribution in [0.15, 0.2) is 48.5 Å². The lowest BCUT2D eigenvalue weighted by molar-refractivity contribution is 0.473. The molecule has 0 unspecified atom stereocenters. The van der Waals surface area contributed by atoms with E-state index in [1.54, 1.807) is 0 Å². The number of para-hydroxylation sites is 2. The van der Waals surface area contributed by atoms with E-state index in [1.807, 2.05) is 55.5 Å². The molecule has 2 aromatic rings. The van der Waals surface area contributed by atoms with Gasteiger partial charge in [0.1, 0.15) is 11.5 Å². The summed E-state index contributed by atoms with van der Waals surface area (Å²) in [7, 11) is 0. The second kappa shape index (κ2) is 6.28. The molecule has 0 aliphatic heterocycles. The van der Waals surface area contributed by atoms with Crippen molar-refractivity contribution in [3.05, 3.63) is 59.7 Å². The molecule has 0 atom stereocenters. The number of aryl methyl sites for hydroxylation is 1. The molecule has 0 aliphatic rings. The standard InChI is InChI=1S/C14H15NO.ClH/c1-11-6-2-4-8-13(11)16-14-9-5-3-7-12(14)10-15;/h2-9H,10,15H2,1H3;1H. The predicted octanol–water partition coefficient (Wildman–Crippen LogP) is 3.67. The first-order valence-corrected chi connectivity index (χ1v) is 5.32. The Bertz CT molecular complexity index is 485. The number of hydrogen-bond acceptors (Lipinski definition) is 2.